The van der Waals surface area contributed by atoms with Crippen LogP contribution >= 0.6 is 39.0 Å². The number of hydrogen-bond acceptors (Lipinski definition) is 7. The lowest BCUT2D eigenvalue weighted by Crippen LogP contribution is -2.19. The van der Waals surface area contributed by atoms with E-state index < -0.39 is 0 Å². The van der Waals surface area contributed by atoms with Crippen LogP contribution in [-0.4, -0.2) is 39.7 Å². The first-order valence-corrected chi connectivity index (χ1v) is 12.5. The van der Waals surface area contributed by atoms with Crippen LogP contribution in [0.5, 0.6) is 5.75 Å². The van der Waals surface area contributed by atoms with E-state index in [-0.39, 0.29) is 11.7 Å². The van der Waals surface area contributed by atoms with Crippen LogP contribution < -0.4 is 10.2 Å². The number of amides is 1. The molecule has 4 aromatic rings. The van der Waals surface area contributed by atoms with E-state index in [4.69, 9.17) is 4.74 Å². The van der Waals surface area contributed by atoms with Crippen molar-refractivity contribution in [3.8, 4) is 22.8 Å². The number of thiophene rings is 1. The van der Waals surface area contributed by atoms with Crippen LogP contribution in [-0.2, 0) is 4.79 Å². The van der Waals surface area contributed by atoms with Crippen molar-refractivity contribution in [2.45, 2.75) is 12.1 Å². The number of hydrogen-bond donors (Lipinski definition) is 1. The lowest BCUT2D eigenvalue weighted by atomic mass is 10.2. The van der Waals surface area contributed by atoms with E-state index in [2.05, 4.69) is 36.7 Å². The predicted octanol–water partition coefficient (Wildman–Crippen LogP) is 5.32. The van der Waals surface area contributed by atoms with E-state index in [1.54, 1.807) is 13.3 Å². The molecule has 0 fully saturated rings. The van der Waals surface area contributed by atoms with Crippen molar-refractivity contribution in [3.63, 3.8) is 0 Å². The summed E-state index contributed by atoms with van der Waals surface area (Å²) in [7, 11) is 1.63. The highest BCUT2D eigenvalue weighted by atomic mass is 79.9. The minimum Gasteiger partial charge on any atom is -0.497 e. The fraction of sp³-hybridized carbons (Fsp3) is 0.130. The normalized spacial score (nSPS) is 11.1. The standard InChI is InChI=1S/C23H20BrN5O2S2/c1-15-3-7-17(8-4-15)29-22(16-5-9-18(31-2)10-6-16)27-28-23(29)32-14-21(30)26-25-13-19-11-12-20(24)33-19/h3-13H,14H2,1-2H3,(H,26,30)/b25-13+. The Morgan fingerprint density at radius 1 is 1.15 bits per heavy atom. The Bertz CT molecular complexity index is 1270. The first-order valence-electron chi connectivity index (χ1n) is 9.90. The number of methoxy groups -OCH3 is 1. The molecule has 33 heavy (non-hydrogen) atoms. The largest absolute Gasteiger partial charge is 0.497 e. The number of ether oxygens (including phenoxy) is 1. The van der Waals surface area contributed by atoms with Crippen LogP contribution in [0.3, 0.4) is 0 Å². The maximum Gasteiger partial charge on any atom is 0.250 e. The molecule has 0 bridgehead atoms. The molecular weight excluding hydrogens is 522 g/mol. The molecule has 10 heteroatoms. The Hall–Kier alpha value is -2.95. The second-order valence-electron chi connectivity index (χ2n) is 6.93. The molecule has 0 spiro atoms. The Balaban J connectivity index is 1.53. The molecule has 0 unspecified atom stereocenters. The zero-order chi connectivity index (χ0) is 23.2. The van der Waals surface area contributed by atoms with Gasteiger partial charge >= 0.3 is 0 Å². The number of thioether (sulfide) groups is 1. The van der Waals surface area contributed by atoms with Crippen LogP contribution in [0.2, 0.25) is 0 Å². The number of halogens is 1. The van der Waals surface area contributed by atoms with Gasteiger partial charge in [0.1, 0.15) is 5.75 Å². The van der Waals surface area contributed by atoms with Crippen molar-refractivity contribution in [1.82, 2.24) is 20.2 Å². The number of nitrogens with one attached hydrogen (secondary N) is 1. The lowest BCUT2D eigenvalue weighted by Gasteiger charge is -2.11. The van der Waals surface area contributed by atoms with Gasteiger partial charge in [0, 0.05) is 16.1 Å². The topological polar surface area (TPSA) is 81.4 Å². The average Bonchev–Trinajstić information content (AvgIpc) is 3.44. The van der Waals surface area contributed by atoms with Gasteiger partial charge in [-0.3, -0.25) is 9.36 Å². The van der Waals surface area contributed by atoms with Crippen molar-refractivity contribution in [3.05, 3.63) is 74.9 Å². The van der Waals surface area contributed by atoms with Crippen LogP contribution in [0.1, 0.15) is 10.4 Å². The highest BCUT2D eigenvalue weighted by Crippen LogP contribution is 2.29. The molecule has 0 aliphatic rings. The van der Waals surface area contributed by atoms with E-state index in [1.807, 2.05) is 72.2 Å². The number of nitrogens with zero attached hydrogens (tertiary/aromatic N) is 4. The summed E-state index contributed by atoms with van der Waals surface area (Å²) in [5.74, 6) is 1.38. The molecule has 0 atom stereocenters. The molecule has 2 aromatic carbocycles. The van der Waals surface area contributed by atoms with Crippen molar-refractivity contribution >= 4 is 51.2 Å². The number of hydrazone groups is 1. The second-order valence-corrected chi connectivity index (χ2v) is 10.4. The third-order valence-electron chi connectivity index (χ3n) is 4.58. The van der Waals surface area contributed by atoms with Crippen LogP contribution in [0.4, 0.5) is 0 Å². The first-order chi connectivity index (χ1) is 16.0. The lowest BCUT2D eigenvalue weighted by molar-refractivity contribution is -0.118. The number of carbonyl (C=O) groups excluding carboxylic acids is 1. The zero-order valence-electron chi connectivity index (χ0n) is 17.9. The van der Waals surface area contributed by atoms with Gasteiger partial charge in [-0.05, 0) is 71.4 Å². The van der Waals surface area contributed by atoms with Gasteiger partial charge in [0.15, 0.2) is 11.0 Å². The maximum atomic E-state index is 12.3. The fourth-order valence-electron chi connectivity index (χ4n) is 2.94. The van der Waals surface area contributed by atoms with E-state index in [0.717, 1.165) is 31.2 Å². The van der Waals surface area contributed by atoms with Crippen LogP contribution in [0, 0.1) is 6.92 Å². The smallest absolute Gasteiger partial charge is 0.250 e. The first kappa shape index (κ1) is 23.2. The van der Waals surface area contributed by atoms with Crippen molar-refractivity contribution in [2.75, 3.05) is 12.9 Å². The minimum absolute atomic E-state index is 0.151. The van der Waals surface area contributed by atoms with Crippen LogP contribution in [0.15, 0.2) is 74.7 Å². The molecule has 0 saturated carbocycles. The summed E-state index contributed by atoms with van der Waals surface area (Å²) in [6.45, 7) is 2.04. The molecule has 1 amide bonds. The summed E-state index contributed by atoms with van der Waals surface area (Å²) in [5, 5.41) is 13.4. The molecule has 0 aliphatic carbocycles. The summed E-state index contributed by atoms with van der Waals surface area (Å²) in [6, 6.07) is 19.6. The van der Waals surface area contributed by atoms with E-state index in [9.17, 15) is 4.79 Å². The van der Waals surface area contributed by atoms with Gasteiger partial charge in [-0.2, -0.15) is 5.10 Å². The summed E-state index contributed by atoms with van der Waals surface area (Å²) in [4.78, 5) is 13.3. The Morgan fingerprint density at radius 3 is 2.58 bits per heavy atom. The number of rotatable bonds is 8. The van der Waals surface area contributed by atoms with Gasteiger partial charge in [-0.1, -0.05) is 29.5 Å². The highest BCUT2D eigenvalue weighted by Gasteiger charge is 2.17. The second kappa shape index (κ2) is 10.8. The maximum absolute atomic E-state index is 12.3. The molecule has 2 aromatic heterocycles. The number of aryl methyl sites for hydroxylation is 1. The number of aromatic nitrogens is 3. The molecule has 2 heterocycles. The molecule has 0 radical (unpaired) electrons. The number of carbonyl (C=O) groups is 1. The molecule has 0 saturated heterocycles. The van der Waals surface area contributed by atoms with Crippen LogP contribution in [0.25, 0.3) is 17.1 Å². The highest BCUT2D eigenvalue weighted by molar-refractivity contribution is 9.11. The van der Waals surface area contributed by atoms with Crippen molar-refractivity contribution in [1.29, 1.82) is 0 Å². The minimum atomic E-state index is -0.226. The SMILES string of the molecule is COc1ccc(-c2nnc(SCC(=O)N/N=C/c3ccc(Br)s3)n2-c2ccc(C)cc2)cc1. The average molecular weight is 542 g/mol. The third-order valence-corrected chi connectivity index (χ3v) is 7.07. The zero-order valence-corrected chi connectivity index (χ0v) is 21.1. The Morgan fingerprint density at radius 2 is 1.91 bits per heavy atom. The van der Waals surface area contributed by atoms with E-state index in [1.165, 1.54) is 23.1 Å². The molecular formula is C23H20BrN5O2S2. The summed E-state index contributed by atoms with van der Waals surface area (Å²) in [6.07, 6.45) is 1.62. The Kier molecular flexibility index (Phi) is 7.58. The summed E-state index contributed by atoms with van der Waals surface area (Å²) < 4.78 is 8.22. The van der Waals surface area contributed by atoms with Gasteiger partial charge in [0.25, 0.3) is 5.91 Å². The van der Waals surface area contributed by atoms with Gasteiger partial charge in [0.05, 0.1) is 22.9 Å². The van der Waals surface area contributed by atoms with Gasteiger partial charge in [-0.15, -0.1) is 21.5 Å². The molecule has 4 rings (SSSR count). The van der Waals surface area contributed by atoms with Crippen molar-refractivity contribution in [2.24, 2.45) is 5.10 Å². The van der Waals surface area contributed by atoms with Gasteiger partial charge < -0.3 is 4.74 Å². The molecule has 0 aliphatic heterocycles. The fourth-order valence-corrected chi connectivity index (χ4v) is 4.98. The summed E-state index contributed by atoms with van der Waals surface area (Å²) in [5.41, 5.74) is 5.53. The third kappa shape index (κ3) is 5.89. The van der Waals surface area contributed by atoms with Crippen molar-refractivity contribution < 1.29 is 9.53 Å². The monoisotopic (exact) mass is 541 g/mol. The van der Waals surface area contributed by atoms with E-state index >= 15 is 0 Å². The Labute approximate surface area is 208 Å². The molecule has 1 N–H and O–H groups in total. The molecule has 168 valence electrons. The quantitative estimate of drug-likeness (QED) is 0.185. The summed E-state index contributed by atoms with van der Waals surface area (Å²) >= 11 is 6.24. The van der Waals surface area contributed by atoms with Gasteiger partial charge in [-0.25, -0.2) is 5.43 Å². The predicted molar refractivity (Wildman–Crippen MR) is 137 cm³/mol. The molecule has 7 nitrogen and oxygen atoms in total. The number of benzene rings is 2. The van der Waals surface area contributed by atoms with E-state index in [0.29, 0.717) is 11.0 Å². The van der Waals surface area contributed by atoms with Gasteiger partial charge in [0.2, 0.25) is 0 Å².